The van der Waals surface area contributed by atoms with Crippen LogP contribution in [0.4, 0.5) is 0 Å². The van der Waals surface area contributed by atoms with E-state index in [4.69, 9.17) is 0 Å². The minimum absolute atomic E-state index is 0.0451. The molecular formula is C11H20N4. The van der Waals surface area contributed by atoms with Crippen LogP contribution in [0.5, 0.6) is 0 Å². The Balaban J connectivity index is 2.26. The fraction of sp³-hybridized carbons (Fsp3) is 0.818. The van der Waals surface area contributed by atoms with Gasteiger partial charge >= 0.3 is 0 Å². The summed E-state index contributed by atoms with van der Waals surface area (Å²) >= 11 is 0. The highest BCUT2D eigenvalue weighted by Crippen LogP contribution is 2.27. The normalized spacial score (nSPS) is 22.1. The molecule has 2 rings (SSSR count). The number of nitrogens with zero attached hydrogens (tertiary/aromatic N) is 4. The van der Waals surface area contributed by atoms with Crippen molar-refractivity contribution in [2.75, 3.05) is 40.3 Å². The van der Waals surface area contributed by atoms with Crippen molar-refractivity contribution in [3.05, 3.63) is 0 Å². The first kappa shape index (κ1) is 10.5. The third-order valence-corrected chi connectivity index (χ3v) is 3.24. The van der Waals surface area contributed by atoms with Crippen molar-refractivity contribution in [1.82, 2.24) is 9.80 Å². The first-order valence-electron chi connectivity index (χ1n) is 5.55. The van der Waals surface area contributed by atoms with E-state index < -0.39 is 0 Å². The third-order valence-electron chi connectivity index (χ3n) is 3.24. The minimum Gasteiger partial charge on any atom is -0.361 e. The van der Waals surface area contributed by atoms with Crippen LogP contribution in [0, 0.1) is 5.41 Å². The molecule has 0 unspecified atom stereocenters. The summed E-state index contributed by atoms with van der Waals surface area (Å²) in [5.41, 5.74) is -0.0451. The van der Waals surface area contributed by atoms with E-state index in [1.807, 2.05) is 0 Å². The van der Waals surface area contributed by atoms with Gasteiger partial charge in [-0.15, -0.1) is 0 Å². The minimum atomic E-state index is -0.0451. The molecule has 2 heterocycles. The van der Waals surface area contributed by atoms with E-state index >= 15 is 0 Å². The molecule has 84 valence electrons. The highest BCUT2D eigenvalue weighted by atomic mass is 15.3. The van der Waals surface area contributed by atoms with Crippen LogP contribution in [0.2, 0.25) is 0 Å². The molecule has 2 aliphatic rings. The van der Waals surface area contributed by atoms with Gasteiger partial charge in [0.25, 0.3) is 0 Å². The van der Waals surface area contributed by atoms with E-state index in [0.717, 1.165) is 26.2 Å². The number of amidine groups is 2. The van der Waals surface area contributed by atoms with Crippen molar-refractivity contribution in [3.8, 4) is 0 Å². The zero-order valence-electron chi connectivity index (χ0n) is 10.1. The molecule has 4 nitrogen and oxygen atoms in total. The molecule has 0 amide bonds. The van der Waals surface area contributed by atoms with Gasteiger partial charge in [0.1, 0.15) is 11.7 Å². The fourth-order valence-corrected chi connectivity index (χ4v) is 2.51. The van der Waals surface area contributed by atoms with Crippen LogP contribution in [0.25, 0.3) is 0 Å². The van der Waals surface area contributed by atoms with Crippen molar-refractivity contribution in [2.45, 2.75) is 13.8 Å². The Labute approximate surface area is 91.7 Å². The van der Waals surface area contributed by atoms with E-state index in [0.29, 0.717) is 0 Å². The van der Waals surface area contributed by atoms with Gasteiger partial charge in [-0.25, -0.2) is 0 Å². The van der Waals surface area contributed by atoms with Gasteiger partial charge in [-0.2, -0.15) is 0 Å². The first-order valence-corrected chi connectivity index (χ1v) is 5.55. The molecule has 0 bridgehead atoms. The Morgan fingerprint density at radius 1 is 0.933 bits per heavy atom. The second-order valence-electron chi connectivity index (χ2n) is 4.88. The van der Waals surface area contributed by atoms with E-state index in [1.54, 1.807) is 0 Å². The maximum absolute atomic E-state index is 4.60. The molecule has 0 saturated heterocycles. The van der Waals surface area contributed by atoms with Crippen LogP contribution in [0.1, 0.15) is 13.8 Å². The van der Waals surface area contributed by atoms with E-state index in [1.165, 1.54) is 11.7 Å². The van der Waals surface area contributed by atoms with E-state index in [9.17, 15) is 0 Å². The molecule has 0 aromatic rings. The average molecular weight is 208 g/mol. The smallest absolute Gasteiger partial charge is 0.112 e. The molecule has 0 N–H and O–H groups in total. The number of hydrogen-bond acceptors (Lipinski definition) is 4. The second-order valence-corrected chi connectivity index (χ2v) is 4.88. The molecule has 0 fully saturated rings. The van der Waals surface area contributed by atoms with Crippen LogP contribution in [-0.4, -0.2) is 61.7 Å². The number of likely N-dealkylation sites (N-methyl/N-ethyl adjacent to an activating group) is 2. The van der Waals surface area contributed by atoms with Gasteiger partial charge in [0, 0.05) is 27.2 Å². The topological polar surface area (TPSA) is 31.2 Å². The summed E-state index contributed by atoms with van der Waals surface area (Å²) in [6.07, 6.45) is 0. The quantitative estimate of drug-likeness (QED) is 0.669. The largest absolute Gasteiger partial charge is 0.361 e. The molecule has 0 spiro atoms. The number of rotatable bonds is 2. The van der Waals surface area contributed by atoms with Gasteiger partial charge in [-0.05, 0) is 13.8 Å². The van der Waals surface area contributed by atoms with Gasteiger partial charge in [-0.1, -0.05) is 0 Å². The summed E-state index contributed by atoms with van der Waals surface area (Å²) in [6.45, 7) is 8.35. The Hall–Kier alpha value is -1.06. The Bertz CT molecular complexity index is 287. The van der Waals surface area contributed by atoms with Gasteiger partial charge in [0.15, 0.2) is 0 Å². The second kappa shape index (κ2) is 3.51. The lowest BCUT2D eigenvalue weighted by Gasteiger charge is -2.33. The molecule has 0 saturated carbocycles. The van der Waals surface area contributed by atoms with E-state index in [-0.39, 0.29) is 5.41 Å². The molecule has 0 aromatic carbocycles. The summed E-state index contributed by atoms with van der Waals surface area (Å²) in [4.78, 5) is 13.7. The summed E-state index contributed by atoms with van der Waals surface area (Å²) in [5.74, 6) is 2.35. The predicted molar refractivity (Wildman–Crippen MR) is 63.6 cm³/mol. The Morgan fingerprint density at radius 3 is 1.60 bits per heavy atom. The summed E-state index contributed by atoms with van der Waals surface area (Å²) in [6, 6.07) is 0. The summed E-state index contributed by atoms with van der Waals surface area (Å²) in [7, 11) is 4.23. The molecule has 2 aliphatic heterocycles. The van der Waals surface area contributed by atoms with Gasteiger partial charge in [-0.3, -0.25) is 9.98 Å². The predicted octanol–water partition coefficient (Wildman–Crippen LogP) is 0.700. The highest BCUT2D eigenvalue weighted by Gasteiger charge is 2.38. The van der Waals surface area contributed by atoms with E-state index in [2.05, 4.69) is 47.7 Å². The van der Waals surface area contributed by atoms with Crippen molar-refractivity contribution in [2.24, 2.45) is 15.4 Å². The van der Waals surface area contributed by atoms with Crippen LogP contribution < -0.4 is 0 Å². The van der Waals surface area contributed by atoms with Crippen molar-refractivity contribution < 1.29 is 0 Å². The lowest BCUT2D eigenvalue weighted by molar-refractivity contribution is 0.465. The highest BCUT2D eigenvalue weighted by molar-refractivity contribution is 6.09. The van der Waals surface area contributed by atoms with Crippen molar-refractivity contribution >= 4 is 11.7 Å². The Kier molecular flexibility index (Phi) is 2.44. The maximum atomic E-state index is 4.60. The van der Waals surface area contributed by atoms with Gasteiger partial charge in [0.05, 0.1) is 18.5 Å². The molecule has 15 heavy (non-hydrogen) atoms. The number of hydrogen-bond donors (Lipinski definition) is 0. The monoisotopic (exact) mass is 208 g/mol. The zero-order valence-corrected chi connectivity index (χ0v) is 10.1. The maximum Gasteiger partial charge on any atom is 0.112 e. The molecule has 0 atom stereocenters. The molecule has 0 aliphatic carbocycles. The molecule has 0 radical (unpaired) electrons. The molecule has 0 aromatic heterocycles. The lowest BCUT2D eigenvalue weighted by Crippen LogP contribution is -2.46. The Morgan fingerprint density at radius 2 is 1.33 bits per heavy atom. The zero-order chi connectivity index (χ0) is 11.1. The van der Waals surface area contributed by atoms with Crippen LogP contribution in [0.15, 0.2) is 9.98 Å². The lowest BCUT2D eigenvalue weighted by atomic mass is 9.89. The van der Waals surface area contributed by atoms with Crippen LogP contribution in [-0.2, 0) is 0 Å². The fourth-order valence-electron chi connectivity index (χ4n) is 2.51. The standard InChI is InChI=1S/C11H20N4/c1-11(2,9-12-5-7-14(9)3)10-13-6-8-15(10)4/h5-8H2,1-4H3. The van der Waals surface area contributed by atoms with Crippen LogP contribution in [0.3, 0.4) is 0 Å². The first-order chi connectivity index (χ1) is 7.03. The van der Waals surface area contributed by atoms with Gasteiger partial charge < -0.3 is 9.80 Å². The summed E-state index contributed by atoms with van der Waals surface area (Å²) in [5, 5.41) is 0. The number of aliphatic imine (C=N–C) groups is 2. The third kappa shape index (κ3) is 1.62. The average Bonchev–Trinajstić information content (AvgIpc) is 2.73. The molecular weight excluding hydrogens is 188 g/mol. The summed E-state index contributed by atoms with van der Waals surface area (Å²) < 4.78 is 0. The SMILES string of the molecule is CN1CCN=C1C(C)(C)C1=NCCN1C. The van der Waals surface area contributed by atoms with Crippen molar-refractivity contribution in [3.63, 3.8) is 0 Å². The molecule has 4 heteroatoms. The van der Waals surface area contributed by atoms with Crippen LogP contribution >= 0.6 is 0 Å². The van der Waals surface area contributed by atoms with Gasteiger partial charge in [0.2, 0.25) is 0 Å². The van der Waals surface area contributed by atoms with Crippen molar-refractivity contribution in [1.29, 1.82) is 0 Å².